The van der Waals surface area contributed by atoms with Crippen molar-refractivity contribution in [1.29, 1.82) is 0 Å². The molecule has 0 N–H and O–H groups in total. The van der Waals surface area contributed by atoms with E-state index in [9.17, 15) is 4.79 Å². The first-order chi connectivity index (χ1) is 8.86. The Hall–Kier alpha value is -1.19. The number of carbonyl (C=O) groups is 1. The summed E-state index contributed by atoms with van der Waals surface area (Å²) < 4.78 is 11.7. The van der Waals surface area contributed by atoms with Gasteiger partial charge in [-0.25, -0.2) is 0 Å². The fourth-order valence-electron chi connectivity index (χ4n) is 2.81. The van der Waals surface area contributed by atoms with E-state index < -0.39 is 0 Å². The highest BCUT2D eigenvalue weighted by atomic mass is 16.7. The second kappa shape index (κ2) is 5.21. The molecule has 1 aromatic rings. The molecular formula is C15H18O3. The highest BCUT2D eigenvalue weighted by Crippen LogP contribution is 2.36. The number of aryl methyl sites for hydroxylation is 1. The van der Waals surface area contributed by atoms with Crippen LogP contribution < -0.4 is 0 Å². The number of aldehydes is 1. The van der Waals surface area contributed by atoms with Crippen LogP contribution in [0.2, 0.25) is 0 Å². The van der Waals surface area contributed by atoms with E-state index in [-0.39, 0.29) is 12.4 Å². The van der Waals surface area contributed by atoms with Crippen LogP contribution in [0.15, 0.2) is 18.2 Å². The van der Waals surface area contributed by atoms with Crippen LogP contribution in [0.4, 0.5) is 0 Å². The summed E-state index contributed by atoms with van der Waals surface area (Å²) in [5, 5.41) is 0. The first-order valence-corrected chi connectivity index (χ1v) is 6.72. The Balaban J connectivity index is 1.71. The molecule has 0 saturated carbocycles. The van der Waals surface area contributed by atoms with E-state index in [0.717, 1.165) is 44.1 Å². The van der Waals surface area contributed by atoms with E-state index in [1.54, 1.807) is 0 Å². The summed E-state index contributed by atoms with van der Waals surface area (Å²) in [7, 11) is 0. The largest absolute Gasteiger partial charge is 0.353 e. The van der Waals surface area contributed by atoms with Crippen molar-refractivity contribution in [3.05, 3.63) is 34.9 Å². The minimum absolute atomic E-state index is 0.0413. The van der Waals surface area contributed by atoms with Crippen LogP contribution in [0, 0.1) is 0 Å². The second-order valence-corrected chi connectivity index (χ2v) is 5.04. The summed E-state index contributed by atoms with van der Waals surface area (Å²) in [6, 6.07) is 5.88. The number of fused-ring (bicyclic) bond motifs is 1. The van der Waals surface area contributed by atoms with Crippen molar-refractivity contribution in [2.24, 2.45) is 0 Å². The van der Waals surface area contributed by atoms with Gasteiger partial charge in [-0.1, -0.05) is 12.1 Å². The fraction of sp³-hybridized carbons (Fsp3) is 0.533. The average molecular weight is 246 g/mol. The van der Waals surface area contributed by atoms with Crippen molar-refractivity contribution in [2.75, 3.05) is 6.61 Å². The van der Waals surface area contributed by atoms with Crippen LogP contribution in [-0.2, 0) is 15.9 Å². The zero-order valence-corrected chi connectivity index (χ0v) is 10.4. The van der Waals surface area contributed by atoms with Gasteiger partial charge in [0.2, 0.25) is 0 Å². The minimum atomic E-state index is -0.0413. The van der Waals surface area contributed by atoms with E-state index >= 15 is 0 Å². The van der Waals surface area contributed by atoms with E-state index in [2.05, 4.69) is 0 Å². The second-order valence-electron chi connectivity index (χ2n) is 5.04. The number of rotatable bonds is 3. The lowest BCUT2D eigenvalue weighted by Gasteiger charge is -2.26. The van der Waals surface area contributed by atoms with Gasteiger partial charge in [0.05, 0.1) is 6.10 Å². The summed E-state index contributed by atoms with van der Waals surface area (Å²) >= 11 is 0. The van der Waals surface area contributed by atoms with Gasteiger partial charge in [-0.05, 0) is 49.3 Å². The van der Waals surface area contributed by atoms with E-state index in [1.807, 2.05) is 18.2 Å². The predicted octanol–water partition coefficient (Wildman–Crippen LogP) is 3.03. The maximum absolute atomic E-state index is 10.8. The van der Waals surface area contributed by atoms with Crippen molar-refractivity contribution < 1.29 is 14.3 Å². The van der Waals surface area contributed by atoms with Gasteiger partial charge in [0.15, 0.2) is 6.29 Å². The average Bonchev–Trinajstić information content (AvgIpc) is 2.82. The van der Waals surface area contributed by atoms with Gasteiger partial charge in [0.25, 0.3) is 0 Å². The smallest absolute Gasteiger partial charge is 0.158 e. The number of benzene rings is 1. The maximum Gasteiger partial charge on any atom is 0.158 e. The van der Waals surface area contributed by atoms with Crippen molar-refractivity contribution in [3.63, 3.8) is 0 Å². The number of ether oxygens (including phenoxy) is 2. The molecule has 1 saturated heterocycles. The lowest BCUT2D eigenvalue weighted by atomic mass is 10.1. The summed E-state index contributed by atoms with van der Waals surface area (Å²) in [4.78, 5) is 10.8. The van der Waals surface area contributed by atoms with Crippen LogP contribution >= 0.6 is 0 Å². The number of hydrogen-bond acceptors (Lipinski definition) is 3. The first-order valence-electron chi connectivity index (χ1n) is 6.72. The quantitative estimate of drug-likeness (QED) is 0.769. The standard InChI is InChI=1S/C15H18O3/c16-10-11-4-6-13-12(9-11)5-7-14(13)18-15-3-1-2-8-17-15/h4,6,9-10,14-15H,1-3,5,7-8H2. The molecule has 1 aliphatic heterocycles. The zero-order valence-electron chi connectivity index (χ0n) is 10.4. The highest BCUT2D eigenvalue weighted by Gasteiger charge is 2.27. The van der Waals surface area contributed by atoms with Crippen molar-refractivity contribution >= 4 is 6.29 Å². The third-order valence-corrected chi connectivity index (χ3v) is 3.78. The van der Waals surface area contributed by atoms with Crippen molar-refractivity contribution in [1.82, 2.24) is 0 Å². The van der Waals surface area contributed by atoms with Gasteiger partial charge in [-0.2, -0.15) is 0 Å². The third kappa shape index (κ3) is 2.33. The maximum atomic E-state index is 10.8. The SMILES string of the molecule is O=Cc1ccc2c(c1)CCC2OC1CCCCO1. The molecule has 0 bridgehead atoms. The van der Waals surface area contributed by atoms with Gasteiger partial charge >= 0.3 is 0 Å². The molecule has 3 nitrogen and oxygen atoms in total. The van der Waals surface area contributed by atoms with Gasteiger partial charge in [-0.3, -0.25) is 4.79 Å². The van der Waals surface area contributed by atoms with Crippen LogP contribution in [0.1, 0.15) is 53.3 Å². The minimum Gasteiger partial charge on any atom is -0.353 e. The van der Waals surface area contributed by atoms with Crippen LogP contribution in [0.25, 0.3) is 0 Å². The molecule has 0 amide bonds. The molecule has 1 aliphatic carbocycles. The van der Waals surface area contributed by atoms with Crippen molar-refractivity contribution in [3.8, 4) is 0 Å². The molecule has 0 aromatic heterocycles. The predicted molar refractivity (Wildman–Crippen MR) is 67.6 cm³/mol. The van der Waals surface area contributed by atoms with Gasteiger partial charge in [-0.15, -0.1) is 0 Å². The fourth-order valence-corrected chi connectivity index (χ4v) is 2.81. The third-order valence-electron chi connectivity index (χ3n) is 3.78. The zero-order chi connectivity index (χ0) is 12.4. The van der Waals surface area contributed by atoms with Gasteiger partial charge in [0.1, 0.15) is 6.29 Å². The molecule has 3 heteroatoms. The topological polar surface area (TPSA) is 35.5 Å². The molecule has 18 heavy (non-hydrogen) atoms. The van der Waals surface area contributed by atoms with E-state index in [1.165, 1.54) is 17.5 Å². The van der Waals surface area contributed by atoms with Crippen LogP contribution in [0.3, 0.4) is 0 Å². The molecule has 0 radical (unpaired) electrons. The van der Waals surface area contributed by atoms with Gasteiger partial charge < -0.3 is 9.47 Å². The van der Waals surface area contributed by atoms with E-state index in [4.69, 9.17) is 9.47 Å². The molecule has 0 spiro atoms. The Morgan fingerprint density at radius 1 is 1.28 bits per heavy atom. The molecule has 3 rings (SSSR count). The Labute approximate surface area is 107 Å². The molecule has 2 unspecified atom stereocenters. The monoisotopic (exact) mass is 246 g/mol. The van der Waals surface area contributed by atoms with Crippen molar-refractivity contribution in [2.45, 2.75) is 44.5 Å². The first kappa shape index (κ1) is 11.9. The molecule has 2 aliphatic rings. The lowest BCUT2D eigenvalue weighted by Crippen LogP contribution is -2.23. The summed E-state index contributed by atoms with van der Waals surface area (Å²) in [5.41, 5.74) is 3.23. The van der Waals surface area contributed by atoms with E-state index in [0.29, 0.717) is 0 Å². The lowest BCUT2D eigenvalue weighted by molar-refractivity contribution is -0.189. The molecule has 96 valence electrons. The number of carbonyl (C=O) groups excluding carboxylic acids is 1. The molecule has 1 fully saturated rings. The van der Waals surface area contributed by atoms with Gasteiger partial charge in [0, 0.05) is 12.2 Å². The molecule has 1 heterocycles. The Kier molecular flexibility index (Phi) is 3.43. The summed E-state index contributed by atoms with van der Waals surface area (Å²) in [5.74, 6) is 0. The summed E-state index contributed by atoms with van der Waals surface area (Å²) in [6.07, 6.45) is 6.32. The molecular weight excluding hydrogens is 228 g/mol. The summed E-state index contributed by atoms with van der Waals surface area (Å²) in [6.45, 7) is 0.814. The van der Waals surface area contributed by atoms with Crippen LogP contribution in [-0.4, -0.2) is 19.2 Å². The highest BCUT2D eigenvalue weighted by molar-refractivity contribution is 5.75. The molecule has 1 aromatic carbocycles. The number of hydrogen-bond donors (Lipinski definition) is 0. The normalized spacial score (nSPS) is 26.9. The Morgan fingerprint density at radius 3 is 3.00 bits per heavy atom. The Morgan fingerprint density at radius 2 is 2.22 bits per heavy atom. The molecule has 2 atom stereocenters. The Bertz CT molecular complexity index is 435. The van der Waals surface area contributed by atoms with Crippen LogP contribution in [0.5, 0.6) is 0 Å².